The van der Waals surface area contributed by atoms with Crippen LogP contribution in [0.2, 0.25) is 0 Å². The van der Waals surface area contributed by atoms with E-state index in [0.29, 0.717) is 36.9 Å². The highest BCUT2D eigenvalue weighted by Gasteiger charge is 2.17. The van der Waals surface area contributed by atoms with Gasteiger partial charge in [0.2, 0.25) is 15.9 Å². The Balaban J connectivity index is 1.94. The molecule has 9 heteroatoms. The smallest absolute Gasteiger partial charge is 0.240 e. The number of carbonyl (C=O) groups excluding carboxylic acids is 1. The van der Waals surface area contributed by atoms with E-state index in [1.165, 1.54) is 12.1 Å². The number of sulfonamides is 1. The van der Waals surface area contributed by atoms with E-state index in [9.17, 15) is 13.2 Å². The summed E-state index contributed by atoms with van der Waals surface area (Å²) in [7, 11) is -0.583. The largest absolute Gasteiger partial charge is 0.494 e. The Hall–Kier alpha value is -2.78. The van der Waals surface area contributed by atoms with Crippen LogP contribution in [-0.2, 0) is 21.4 Å². The Bertz CT molecular complexity index is 960. The summed E-state index contributed by atoms with van der Waals surface area (Å²) in [6, 6.07) is 11.6. The molecule has 0 radical (unpaired) electrons. The van der Waals surface area contributed by atoms with E-state index in [0.717, 1.165) is 5.56 Å². The predicted octanol–water partition coefficient (Wildman–Crippen LogP) is 2.82. The molecular weight excluding hydrogens is 420 g/mol. The fourth-order valence-corrected chi connectivity index (χ4v) is 4.02. The van der Waals surface area contributed by atoms with E-state index < -0.39 is 10.0 Å². The Morgan fingerprint density at radius 3 is 2.26 bits per heavy atom. The van der Waals surface area contributed by atoms with Crippen molar-refractivity contribution in [1.29, 1.82) is 0 Å². The first-order valence-electron chi connectivity index (χ1n) is 10.1. The van der Waals surface area contributed by atoms with Crippen molar-refractivity contribution in [3.05, 3.63) is 48.0 Å². The molecule has 2 aromatic carbocycles. The first-order valence-corrected chi connectivity index (χ1v) is 11.5. The molecule has 0 fully saturated rings. The zero-order valence-electron chi connectivity index (χ0n) is 18.4. The molecule has 0 atom stereocenters. The number of benzene rings is 2. The van der Waals surface area contributed by atoms with Gasteiger partial charge in [0.25, 0.3) is 0 Å². The third-order valence-corrected chi connectivity index (χ3v) is 6.11. The van der Waals surface area contributed by atoms with Crippen molar-refractivity contribution >= 4 is 15.9 Å². The molecule has 0 aliphatic rings. The predicted molar refractivity (Wildman–Crippen MR) is 118 cm³/mol. The number of ether oxygens (including phenoxy) is 3. The fraction of sp³-hybridized carbons (Fsp3) is 0.409. The summed E-state index contributed by atoms with van der Waals surface area (Å²) in [5.74, 6) is 1.66. The lowest BCUT2D eigenvalue weighted by atomic mass is 10.1. The second kappa shape index (κ2) is 11.6. The molecule has 0 heterocycles. The molecule has 31 heavy (non-hydrogen) atoms. The van der Waals surface area contributed by atoms with Crippen LogP contribution < -0.4 is 18.9 Å². The first kappa shape index (κ1) is 24.5. The van der Waals surface area contributed by atoms with Gasteiger partial charge in [-0.15, -0.1) is 0 Å². The van der Waals surface area contributed by atoms with Crippen molar-refractivity contribution in [3.63, 3.8) is 0 Å². The molecule has 0 unspecified atom stereocenters. The molecule has 2 aromatic rings. The Labute approximate surface area is 184 Å². The van der Waals surface area contributed by atoms with Gasteiger partial charge in [-0.3, -0.25) is 4.79 Å². The molecule has 0 spiro atoms. The van der Waals surface area contributed by atoms with Gasteiger partial charge in [-0.1, -0.05) is 6.07 Å². The van der Waals surface area contributed by atoms with Gasteiger partial charge < -0.3 is 19.1 Å². The van der Waals surface area contributed by atoms with E-state index in [1.54, 1.807) is 37.3 Å². The molecule has 0 aliphatic heterocycles. The summed E-state index contributed by atoms with van der Waals surface area (Å²) < 4.78 is 43.2. The van der Waals surface area contributed by atoms with Crippen LogP contribution in [0.1, 0.15) is 25.8 Å². The number of nitrogens with zero attached hydrogens (tertiary/aromatic N) is 1. The maximum Gasteiger partial charge on any atom is 0.240 e. The highest BCUT2D eigenvalue weighted by molar-refractivity contribution is 7.89. The second-order valence-corrected chi connectivity index (χ2v) is 8.42. The average Bonchev–Trinajstić information content (AvgIpc) is 2.77. The van der Waals surface area contributed by atoms with Crippen molar-refractivity contribution in [3.8, 4) is 17.2 Å². The molecule has 0 aromatic heterocycles. The van der Waals surface area contributed by atoms with Gasteiger partial charge in [0.05, 0.1) is 25.7 Å². The van der Waals surface area contributed by atoms with Crippen LogP contribution >= 0.6 is 0 Å². The van der Waals surface area contributed by atoms with Crippen LogP contribution in [0, 0.1) is 0 Å². The summed E-state index contributed by atoms with van der Waals surface area (Å²) in [5, 5.41) is 0. The van der Waals surface area contributed by atoms with Crippen molar-refractivity contribution in [2.45, 2.75) is 31.7 Å². The van der Waals surface area contributed by atoms with E-state index in [1.807, 2.05) is 26.0 Å². The lowest BCUT2D eigenvalue weighted by Gasteiger charge is -2.22. The third kappa shape index (κ3) is 6.86. The van der Waals surface area contributed by atoms with E-state index in [-0.39, 0.29) is 23.8 Å². The van der Waals surface area contributed by atoms with E-state index in [4.69, 9.17) is 14.2 Å². The number of hydrogen-bond donors (Lipinski definition) is 1. The molecule has 2 rings (SSSR count). The Morgan fingerprint density at radius 1 is 1.00 bits per heavy atom. The quantitative estimate of drug-likeness (QED) is 0.534. The standard InChI is InChI=1S/C22H30N2O6S/c1-5-24(16-17-7-12-20(28-3)21(15-17)29-4)22(25)13-14-23-31(26,27)19-10-8-18(9-11-19)30-6-2/h7-12,15,23H,5-6,13-14,16H2,1-4H3. The Morgan fingerprint density at radius 2 is 1.68 bits per heavy atom. The van der Waals surface area contributed by atoms with Gasteiger partial charge in [-0.05, 0) is 55.8 Å². The molecule has 0 saturated heterocycles. The summed E-state index contributed by atoms with van der Waals surface area (Å²) in [6.45, 7) is 5.14. The van der Waals surface area contributed by atoms with E-state index in [2.05, 4.69) is 4.72 Å². The zero-order valence-corrected chi connectivity index (χ0v) is 19.2. The topological polar surface area (TPSA) is 94.2 Å². The van der Waals surface area contributed by atoms with Gasteiger partial charge in [-0.2, -0.15) is 0 Å². The molecular formula is C22H30N2O6S. The van der Waals surface area contributed by atoms with Crippen molar-refractivity contribution in [2.24, 2.45) is 0 Å². The van der Waals surface area contributed by atoms with E-state index >= 15 is 0 Å². The first-order chi connectivity index (χ1) is 14.8. The second-order valence-electron chi connectivity index (χ2n) is 6.65. The summed E-state index contributed by atoms with van der Waals surface area (Å²) in [5.41, 5.74) is 0.891. The highest BCUT2D eigenvalue weighted by atomic mass is 32.2. The fourth-order valence-electron chi connectivity index (χ4n) is 2.99. The number of rotatable bonds is 12. The van der Waals surface area contributed by atoms with Crippen LogP contribution in [0.15, 0.2) is 47.4 Å². The number of amides is 1. The summed E-state index contributed by atoms with van der Waals surface area (Å²) >= 11 is 0. The molecule has 1 amide bonds. The SMILES string of the molecule is CCOc1ccc(S(=O)(=O)NCCC(=O)N(CC)Cc2ccc(OC)c(OC)c2)cc1. The molecule has 170 valence electrons. The lowest BCUT2D eigenvalue weighted by molar-refractivity contribution is -0.131. The highest BCUT2D eigenvalue weighted by Crippen LogP contribution is 2.28. The van der Waals surface area contributed by atoms with Crippen LogP contribution in [-0.4, -0.2) is 53.1 Å². The van der Waals surface area contributed by atoms with Gasteiger partial charge in [0.1, 0.15) is 5.75 Å². The molecule has 1 N–H and O–H groups in total. The zero-order chi connectivity index (χ0) is 22.9. The molecule has 0 saturated carbocycles. The lowest BCUT2D eigenvalue weighted by Crippen LogP contribution is -2.34. The van der Waals surface area contributed by atoms with Crippen LogP contribution in [0.3, 0.4) is 0 Å². The van der Waals surface area contributed by atoms with Crippen LogP contribution in [0.5, 0.6) is 17.2 Å². The monoisotopic (exact) mass is 450 g/mol. The van der Waals surface area contributed by atoms with Crippen LogP contribution in [0.4, 0.5) is 0 Å². The normalized spacial score (nSPS) is 11.1. The molecule has 8 nitrogen and oxygen atoms in total. The minimum Gasteiger partial charge on any atom is -0.494 e. The van der Waals surface area contributed by atoms with Gasteiger partial charge in [0.15, 0.2) is 11.5 Å². The Kier molecular flexibility index (Phi) is 9.14. The summed E-state index contributed by atoms with van der Waals surface area (Å²) in [6.07, 6.45) is 0.0530. The minimum absolute atomic E-state index is 0.0107. The number of methoxy groups -OCH3 is 2. The number of carbonyl (C=O) groups is 1. The van der Waals surface area contributed by atoms with Gasteiger partial charge in [0, 0.05) is 26.1 Å². The maximum atomic E-state index is 12.6. The number of hydrogen-bond acceptors (Lipinski definition) is 6. The van der Waals surface area contributed by atoms with Crippen molar-refractivity contribution in [2.75, 3.05) is 33.9 Å². The minimum atomic E-state index is -3.70. The average molecular weight is 451 g/mol. The maximum absolute atomic E-state index is 12.6. The van der Waals surface area contributed by atoms with Gasteiger partial charge >= 0.3 is 0 Å². The van der Waals surface area contributed by atoms with Crippen molar-refractivity contribution in [1.82, 2.24) is 9.62 Å². The molecule has 0 bridgehead atoms. The summed E-state index contributed by atoms with van der Waals surface area (Å²) in [4.78, 5) is 14.4. The van der Waals surface area contributed by atoms with Gasteiger partial charge in [-0.25, -0.2) is 13.1 Å². The number of nitrogens with one attached hydrogen (secondary N) is 1. The van der Waals surface area contributed by atoms with Crippen LogP contribution in [0.25, 0.3) is 0 Å². The van der Waals surface area contributed by atoms with Crippen molar-refractivity contribution < 1.29 is 27.4 Å². The third-order valence-electron chi connectivity index (χ3n) is 4.63. The molecule has 0 aliphatic carbocycles.